The predicted octanol–water partition coefficient (Wildman–Crippen LogP) is 1.45. The average molecular weight is 458 g/mol. The van der Waals surface area contributed by atoms with Crippen LogP contribution in [-0.4, -0.2) is 71.2 Å². The van der Waals surface area contributed by atoms with Gasteiger partial charge in [-0.2, -0.15) is 8.42 Å². The van der Waals surface area contributed by atoms with E-state index in [1.807, 2.05) is 0 Å². The van der Waals surface area contributed by atoms with Crippen molar-refractivity contribution < 1.29 is 36.9 Å². The molecule has 31 heavy (non-hydrogen) atoms. The molecule has 12 heteroatoms. The minimum absolute atomic E-state index is 0.0318. The summed E-state index contributed by atoms with van der Waals surface area (Å²) in [4.78, 5) is 16.4. The Morgan fingerprint density at radius 1 is 1.06 bits per heavy atom. The largest absolute Gasteiger partial charge is 0.487 e. The number of anilines is 1. The van der Waals surface area contributed by atoms with Crippen LogP contribution in [0.15, 0.2) is 29.7 Å². The maximum atomic E-state index is 12.8. The van der Waals surface area contributed by atoms with Gasteiger partial charge in [-0.05, 0) is 6.92 Å². The molecule has 1 aromatic heterocycles. The van der Waals surface area contributed by atoms with E-state index in [9.17, 15) is 13.2 Å². The zero-order valence-electron chi connectivity index (χ0n) is 17.9. The van der Waals surface area contributed by atoms with Gasteiger partial charge < -0.3 is 28.3 Å². The first kappa shape index (κ1) is 24.4. The van der Waals surface area contributed by atoms with Crippen molar-refractivity contribution in [1.82, 2.24) is 9.55 Å². The molecule has 2 rings (SSSR count). The number of ether oxygens (including phenoxy) is 5. The van der Waals surface area contributed by atoms with Crippen LogP contribution in [0.25, 0.3) is 0 Å². The molecule has 0 saturated heterocycles. The highest BCUT2D eigenvalue weighted by atomic mass is 32.2. The number of esters is 1. The van der Waals surface area contributed by atoms with Gasteiger partial charge in [0.05, 0.1) is 37.4 Å². The second-order valence-electron chi connectivity index (χ2n) is 6.23. The van der Waals surface area contributed by atoms with Crippen LogP contribution in [0.2, 0.25) is 0 Å². The van der Waals surface area contributed by atoms with Crippen molar-refractivity contribution in [2.45, 2.75) is 11.9 Å². The Balaban J connectivity index is 2.48. The maximum absolute atomic E-state index is 12.8. The molecule has 0 radical (unpaired) electrons. The molecule has 2 aromatic rings. The monoisotopic (exact) mass is 457 g/mol. The summed E-state index contributed by atoms with van der Waals surface area (Å²) in [7, 11) is 0.623. The number of carbonyl (C=O) groups excluding carboxylic acids is 1. The molecule has 1 heterocycles. The standard InChI is InChI=1S/C19H27N3O8S/c1-5-28-19(23)14-10-16(29-8-6-26-3)17(30-9-7-27-4)11-15(14)21-31(24,25)18-12-22(2)13-20-18/h10-13,21H,5-9H2,1-4H3. The molecule has 0 bridgehead atoms. The number of rotatable bonds is 13. The number of carbonyl (C=O) groups is 1. The average Bonchev–Trinajstić information content (AvgIpc) is 3.17. The Morgan fingerprint density at radius 2 is 1.68 bits per heavy atom. The minimum Gasteiger partial charge on any atom is -0.487 e. The highest BCUT2D eigenvalue weighted by molar-refractivity contribution is 7.92. The summed E-state index contributed by atoms with van der Waals surface area (Å²) in [6, 6.07) is 2.73. The number of methoxy groups -OCH3 is 2. The third-order valence-electron chi connectivity index (χ3n) is 3.87. The van der Waals surface area contributed by atoms with E-state index in [1.54, 1.807) is 14.0 Å². The first-order chi connectivity index (χ1) is 14.8. The molecule has 0 fully saturated rings. The van der Waals surface area contributed by atoms with Crippen molar-refractivity contribution in [3.63, 3.8) is 0 Å². The Kier molecular flexibility index (Phi) is 9.09. The summed E-state index contributed by atoms with van der Waals surface area (Å²) < 4.78 is 55.8. The van der Waals surface area contributed by atoms with Crippen LogP contribution in [-0.2, 0) is 31.3 Å². The maximum Gasteiger partial charge on any atom is 0.340 e. The summed E-state index contributed by atoms with van der Waals surface area (Å²) in [6.07, 6.45) is 2.69. The van der Waals surface area contributed by atoms with Crippen LogP contribution >= 0.6 is 0 Å². The fraction of sp³-hybridized carbons (Fsp3) is 0.474. The van der Waals surface area contributed by atoms with E-state index in [0.29, 0.717) is 13.2 Å². The zero-order valence-corrected chi connectivity index (χ0v) is 18.7. The number of aromatic nitrogens is 2. The van der Waals surface area contributed by atoms with Gasteiger partial charge in [0.25, 0.3) is 10.0 Å². The van der Waals surface area contributed by atoms with Crippen molar-refractivity contribution in [2.75, 3.05) is 52.0 Å². The van der Waals surface area contributed by atoms with Crippen molar-refractivity contribution in [2.24, 2.45) is 7.05 Å². The number of hydrogen-bond donors (Lipinski definition) is 1. The van der Waals surface area contributed by atoms with Crippen LogP contribution in [0, 0.1) is 0 Å². The van der Waals surface area contributed by atoms with Gasteiger partial charge in [0.1, 0.15) is 13.2 Å². The third kappa shape index (κ3) is 6.84. The zero-order chi connectivity index (χ0) is 22.9. The highest BCUT2D eigenvalue weighted by Crippen LogP contribution is 2.35. The van der Waals surface area contributed by atoms with Gasteiger partial charge in [-0.3, -0.25) is 4.72 Å². The molecule has 0 aliphatic rings. The van der Waals surface area contributed by atoms with Crippen molar-refractivity contribution >= 4 is 21.7 Å². The quantitative estimate of drug-likeness (QED) is 0.351. The number of sulfonamides is 1. The summed E-state index contributed by atoms with van der Waals surface area (Å²) in [5.41, 5.74) is -0.0662. The normalized spacial score (nSPS) is 11.2. The molecule has 11 nitrogen and oxygen atoms in total. The molecule has 0 unspecified atom stereocenters. The second kappa shape index (κ2) is 11.5. The Bertz CT molecular complexity index is 975. The summed E-state index contributed by atoms with van der Waals surface area (Å²) in [5, 5.41) is -0.202. The molecule has 1 N–H and O–H groups in total. The van der Waals surface area contributed by atoms with Crippen LogP contribution in [0.3, 0.4) is 0 Å². The molecule has 0 spiro atoms. The van der Waals surface area contributed by atoms with E-state index >= 15 is 0 Å². The van der Waals surface area contributed by atoms with Crippen molar-refractivity contribution in [3.8, 4) is 11.5 Å². The van der Waals surface area contributed by atoms with E-state index in [0.717, 1.165) is 0 Å². The fourth-order valence-electron chi connectivity index (χ4n) is 2.44. The number of imidazole rings is 1. The number of nitrogens with zero attached hydrogens (tertiary/aromatic N) is 2. The van der Waals surface area contributed by atoms with Gasteiger partial charge >= 0.3 is 5.97 Å². The minimum atomic E-state index is -4.07. The molecule has 0 amide bonds. The lowest BCUT2D eigenvalue weighted by Gasteiger charge is -2.17. The molecule has 0 atom stereocenters. The second-order valence-corrected chi connectivity index (χ2v) is 7.86. The number of aryl methyl sites for hydroxylation is 1. The molecular formula is C19H27N3O8S. The number of hydrogen-bond acceptors (Lipinski definition) is 9. The number of benzene rings is 1. The fourth-order valence-corrected chi connectivity index (χ4v) is 3.50. The molecule has 0 aliphatic heterocycles. The highest BCUT2D eigenvalue weighted by Gasteiger charge is 2.24. The first-order valence-electron chi connectivity index (χ1n) is 9.41. The van der Waals surface area contributed by atoms with E-state index in [1.165, 1.54) is 43.4 Å². The van der Waals surface area contributed by atoms with Crippen LogP contribution in [0.5, 0.6) is 11.5 Å². The predicted molar refractivity (Wildman–Crippen MR) is 111 cm³/mol. The van der Waals surface area contributed by atoms with Gasteiger partial charge in [-0.25, -0.2) is 9.78 Å². The SMILES string of the molecule is CCOC(=O)c1cc(OCCOC)c(OCCOC)cc1NS(=O)(=O)c1cn(C)cn1. The molecule has 172 valence electrons. The van der Waals surface area contributed by atoms with E-state index in [4.69, 9.17) is 23.7 Å². The Morgan fingerprint density at radius 3 is 2.19 bits per heavy atom. The summed E-state index contributed by atoms with van der Waals surface area (Å²) in [6.45, 7) is 2.73. The van der Waals surface area contributed by atoms with E-state index < -0.39 is 16.0 Å². The van der Waals surface area contributed by atoms with Gasteiger partial charge in [0.2, 0.25) is 0 Å². The van der Waals surface area contributed by atoms with Crippen molar-refractivity contribution in [3.05, 3.63) is 30.2 Å². The lowest BCUT2D eigenvalue weighted by Crippen LogP contribution is -2.18. The van der Waals surface area contributed by atoms with Gasteiger partial charge in [-0.15, -0.1) is 0 Å². The number of nitrogens with one attached hydrogen (secondary N) is 1. The molecular weight excluding hydrogens is 430 g/mol. The first-order valence-corrected chi connectivity index (χ1v) is 10.9. The van der Waals surface area contributed by atoms with E-state index in [2.05, 4.69) is 9.71 Å². The lowest BCUT2D eigenvalue weighted by atomic mass is 10.1. The summed E-state index contributed by atoms with van der Waals surface area (Å²) in [5.74, 6) is -0.266. The smallest absolute Gasteiger partial charge is 0.340 e. The van der Waals surface area contributed by atoms with Crippen LogP contribution < -0.4 is 14.2 Å². The van der Waals surface area contributed by atoms with Gasteiger partial charge in [0.15, 0.2) is 16.5 Å². The third-order valence-corrected chi connectivity index (χ3v) is 5.12. The molecule has 0 saturated carbocycles. The molecule has 0 aliphatic carbocycles. The van der Waals surface area contributed by atoms with Crippen molar-refractivity contribution in [1.29, 1.82) is 0 Å². The van der Waals surface area contributed by atoms with Gasteiger partial charge in [-0.1, -0.05) is 0 Å². The molecule has 1 aromatic carbocycles. The topological polar surface area (TPSA) is 127 Å². The van der Waals surface area contributed by atoms with E-state index in [-0.39, 0.29) is 47.6 Å². The van der Waals surface area contributed by atoms with Crippen LogP contribution in [0.1, 0.15) is 17.3 Å². The Hall–Kier alpha value is -2.83. The Labute approximate surface area is 181 Å². The van der Waals surface area contributed by atoms with Gasteiger partial charge in [0, 0.05) is 39.6 Å². The lowest BCUT2D eigenvalue weighted by molar-refractivity contribution is 0.0527. The summed E-state index contributed by atoms with van der Waals surface area (Å²) >= 11 is 0. The van der Waals surface area contributed by atoms with Crippen LogP contribution in [0.4, 0.5) is 5.69 Å².